The molecule has 6 heteroatoms. The van der Waals surface area contributed by atoms with Crippen LogP contribution in [0.25, 0.3) is 0 Å². The highest BCUT2D eigenvalue weighted by Gasteiger charge is 2.52. The maximum absolute atomic E-state index is 13.1. The van der Waals surface area contributed by atoms with Gasteiger partial charge < -0.3 is 0 Å². The summed E-state index contributed by atoms with van der Waals surface area (Å²) < 4.78 is 2.81. The van der Waals surface area contributed by atoms with Crippen LogP contribution in [0.15, 0.2) is 28.0 Å². The average molecular weight is 449 g/mol. The highest BCUT2D eigenvalue weighted by atomic mass is 127. The smallest absolute Gasteiger partial charge is 0.270 e. The molecular formula is C19H20IN3O2. The number of nitrogens with zero attached hydrogens (tertiary/aromatic N) is 2. The minimum absolute atomic E-state index is 0.154. The van der Waals surface area contributed by atoms with Crippen LogP contribution in [-0.2, 0) is 11.8 Å². The number of hydrogen-bond acceptors (Lipinski definition) is 3. The number of benzene rings is 1. The number of hydrogen-bond donors (Lipinski definition) is 1. The zero-order valence-electron chi connectivity index (χ0n) is 14.7. The molecular weight excluding hydrogens is 429 g/mol. The maximum atomic E-state index is 13.1. The normalized spacial score (nSPS) is 24.0. The third-order valence-electron chi connectivity index (χ3n) is 5.45. The number of Topliss-reactive ketones (excluding diaryl/α,β-unsaturated/α-hetero) is 1. The van der Waals surface area contributed by atoms with Crippen LogP contribution in [0.1, 0.15) is 42.9 Å². The number of halogens is 1. The van der Waals surface area contributed by atoms with Crippen LogP contribution < -0.4 is 5.56 Å². The summed E-state index contributed by atoms with van der Waals surface area (Å²) in [5.41, 5.74) is 3.12. The fraction of sp³-hybridized carbons (Fsp3) is 0.421. The topological polar surface area (TPSA) is 67.2 Å². The molecule has 2 heterocycles. The van der Waals surface area contributed by atoms with Gasteiger partial charge in [-0.15, -0.1) is 0 Å². The molecule has 0 radical (unpaired) electrons. The minimum atomic E-state index is -0.436. The molecule has 25 heavy (non-hydrogen) atoms. The third-order valence-corrected chi connectivity index (χ3v) is 6.62. The molecule has 4 rings (SSSR count). The summed E-state index contributed by atoms with van der Waals surface area (Å²) in [7, 11) is 1.79. The average Bonchev–Trinajstić information content (AvgIpc) is 2.94. The van der Waals surface area contributed by atoms with Crippen molar-refractivity contribution in [3.8, 4) is 0 Å². The number of aromatic nitrogens is 2. The molecule has 1 aromatic heterocycles. The van der Waals surface area contributed by atoms with Crippen LogP contribution >= 0.6 is 22.6 Å². The number of carbonyl (C=O) groups excluding carboxylic acids is 1. The molecule has 0 spiro atoms. The number of carbonyl (C=O) groups is 1. The third kappa shape index (κ3) is 2.37. The van der Waals surface area contributed by atoms with E-state index in [4.69, 9.17) is 4.99 Å². The van der Waals surface area contributed by atoms with Crippen molar-refractivity contribution in [1.29, 1.82) is 0 Å². The molecule has 0 amide bonds. The van der Waals surface area contributed by atoms with Crippen molar-refractivity contribution in [2.45, 2.75) is 33.1 Å². The molecule has 0 bridgehead atoms. The molecule has 0 saturated heterocycles. The lowest BCUT2D eigenvalue weighted by molar-refractivity contribution is -0.127. The van der Waals surface area contributed by atoms with Crippen molar-refractivity contribution in [2.75, 3.05) is 0 Å². The molecule has 1 fully saturated rings. The zero-order valence-corrected chi connectivity index (χ0v) is 16.8. The summed E-state index contributed by atoms with van der Waals surface area (Å²) in [6.45, 7) is 6.01. The molecule has 2 aromatic rings. The Morgan fingerprint density at radius 2 is 2.00 bits per heavy atom. The monoisotopic (exact) mass is 449 g/mol. The first-order valence-corrected chi connectivity index (χ1v) is 9.45. The van der Waals surface area contributed by atoms with Gasteiger partial charge in [-0.05, 0) is 53.1 Å². The summed E-state index contributed by atoms with van der Waals surface area (Å²) in [5.74, 6) is 0.225. The molecule has 1 aromatic carbocycles. The number of fused-ring (bicyclic) bond motifs is 2. The first-order valence-electron chi connectivity index (χ1n) is 8.37. The molecule has 5 nitrogen and oxygen atoms in total. The number of nitrogens with one attached hydrogen (secondary N) is 1. The molecule has 2 aliphatic rings. The van der Waals surface area contributed by atoms with Crippen LogP contribution in [-0.4, -0.2) is 21.3 Å². The summed E-state index contributed by atoms with van der Waals surface area (Å²) >= 11 is 2.31. The molecule has 2 atom stereocenters. The Kier molecular flexibility index (Phi) is 3.62. The molecule has 1 saturated carbocycles. The van der Waals surface area contributed by atoms with Gasteiger partial charge >= 0.3 is 0 Å². The lowest BCUT2D eigenvalue weighted by atomic mass is 9.76. The van der Waals surface area contributed by atoms with Gasteiger partial charge in [0.2, 0.25) is 0 Å². The highest BCUT2D eigenvalue weighted by Crippen LogP contribution is 2.49. The predicted octanol–water partition coefficient (Wildman–Crippen LogP) is 3.46. The van der Waals surface area contributed by atoms with Gasteiger partial charge in [-0.2, -0.15) is 0 Å². The van der Waals surface area contributed by atoms with E-state index in [1.165, 1.54) is 5.56 Å². The van der Waals surface area contributed by atoms with Crippen LogP contribution in [0.3, 0.4) is 0 Å². The van der Waals surface area contributed by atoms with Crippen LogP contribution in [0.2, 0.25) is 0 Å². The van der Waals surface area contributed by atoms with E-state index in [0.717, 1.165) is 14.8 Å². The first-order chi connectivity index (χ1) is 11.7. The second kappa shape index (κ2) is 5.40. The van der Waals surface area contributed by atoms with E-state index in [2.05, 4.69) is 46.7 Å². The van der Waals surface area contributed by atoms with Gasteiger partial charge in [-0.3, -0.25) is 19.4 Å². The standard InChI is InChI=1S/C19H20IN3O2/c1-9-5-6-10(7-11(9)20)13-14-12(8-19(2,3)16(14)24)21-17-15(13)18(25)22-23(17)4/h5-7,13-14H,8H2,1-4H3,(H,22,25). The number of H-pyrrole nitrogens is 1. The lowest BCUT2D eigenvalue weighted by Crippen LogP contribution is -2.32. The maximum Gasteiger partial charge on any atom is 0.270 e. The fourth-order valence-electron chi connectivity index (χ4n) is 4.10. The van der Waals surface area contributed by atoms with E-state index in [9.17, 15) is 9.59 Å². The molecule has 1 aliphatic heterocycles. The minimum Gasteiger partial charge on any atom is -0.298 e. The quantitative estimate of drug-likeness (QED) is 0.678. The van der Waals surface area contributed by atoms with Crippen LogP contribution in [0.5, 0.6) is 0 Å². The van der Waals surface area contributed by atoms with Crippen molar-refractivity contribution in [3.05, 3.63) is 48.8 Å². The van der Waals surface area contributed by atoms with Crippen molar-refractivity contribution in [3.63, 3.8) is 0 Å². The number of aromatic amines is 1. The van der Waals surface area contributed by atoms with Gasteiger partial charge in [0.15, 0.2) is 5.82 Å². The summed E-state index contributed by atoms with van der Waals surface area (Å²) in [5, 5.41) is 2.81. The second-order valence-corrected chi connectivity index (χ2v) is 8.89. The Labute approximate surface area is 159 Å². The lowest BCUT2D eigenvalue weighted by Gasteiger charge is -2.27. The Bertz CT molecular complexity index is 997. The SMILES string of the molecule is Cc1ccc(C2c3c(n(C)[nH]c3=O)N=C3CC(C)(C)C(=O)C32)cc1I. The van der Waals surface area contributed by atoms with Crippen LogP contribution in [0, 0.1) is 21.8 Å². The van der Waals surface area contributed by atoms with E-state index in [-0.39, 0.29) is 23.2 Å². The molecule has 1 N–H and O–H groups in total. The Balaban J connectivity index is 2.00. The van der Waals surface area contributed by atoms with Gasteiger partial charge in [0.25, 0.3) is 5.56 Å². The highest BCUT2D eigenvalue weighted by molar-refractivity contribution is 14.1. The van der Waals surface area contributed by atoms with Crippen molar-refractivity contribution in [1.82, 2.24) is 9.78 Å². The van der Waals surface area contributed by atoms with Crippen LogP contribution in [0.4, 0.5) is 5.82 Å². The first kappa shape index (κ1) is 16.8. The Morgan fingerprint density at radius 3 is 2.68 bits per heavy atom. The van der Waals surface area contributed by atoms with E-state index in [1.807, 2.05) is 19.9 Å². The number of ketones is 1. The largest absolute Gasteiger partial charge is 0.298 e. The zero-order chi connectivity index (χ0) is 18.1. The van der Waals surface area contributed by atoms with Crippen molar-refractivity contribution >= 4 is 39.9 Å². The Hall–Kier alpha value is -1.70. The second-order valence-electron chi connectivity index (χ2n) is 7.73. The van der Waals surface area contributed by atoms with E-state index in [0.29, 0.717) is 17.8 Å². The number of aliphatic imine (C=N–C) groups is 1. The van der Waals surface area contributed by atoms with Crippen molar-refractivity contribution < 1.29 is 4.79 Å². The van der Waals surface area contributed by atoms with Crippen molar-refractivity contribution in [2.24, 2.45) is 23.4 Å². The van der Waals surface area contributed by atoms with E-state index in [1.54, 1.807) is 11.7 Å². The summed E-state index contributed by atoms with van der Waals surface area (Å²) in [6.07, 6.45) is 0.648. The van der Waals surface area contributed by atoms with Gasteiger partial charge in [0.1, 0.15) is 5.78 Å². The van der Waals surface area contributed by atoms with Gasteiger partial charge in [-0.25, -0.2) is 4.99 Å². The molecule has 130 valence electrons. The summed E-state index contributed by atoms with van der Waals surface area (Å²) in [6, 6.07) is 6.20. The number of aryl methyl sites for hydroxylation is 2. The van der Waals surface area contributed by atoms with E-state index < -0.39 is 5.41 Å². The summed E-state index contributed by atoms with van der Waals surface area (Å²) in [4.78, 5) is 30.5. The molecule has 1 aliphatic carbocycles. The van der Waals surface area contributed by atoms with Gasteiger partial charge in [0.05, 0.1) is 11.5 Å². The predicted molar refractivity (Wildman–Crippen MR) is 106 cm³/mol. The van der Waals surface area contributed by atoms with Gasteiger partial charge in [-0.1, -0.05) is 26.0 Å². The van der Waals surface area contributed by atoms with E-state index >= 15 is 0 Å². The fourth-order valence-corrected chi connectivity index (χ4v) is 4.64. The molecule has 2 unspecified atom stereocenters. The Morgan fingerprint density at radius 1 is 1.28 bits per heavy atom. The number of rotatable bonds is 1. The van der Waals surface area contributed by atoms with Gasteiger partial charge in [0, 0.05) is 27.7 Å².